The molecular weight excluding hydrogens is 284 g/mol. The Bertz CT molecular complexity index is 653. The van der Waals surface area contributed by atoms with E-state index in [-0.39, 0.29) is 17.7 Å². The first-order valence-corrected chi connectivity index (χ1v) is 7.60. The number of aromatic nitrogens is 3. The monoisotopic (exact) mass is 304 g/mol. The molecule has 2 aromatic heterocycles. The number of nitrogens with zero attached hydrogens (tertiary/aromatic N) is 4. The number of likely N-dealkylation sites (tertiary alicyclic amines) is 1. The molecule has 0 aromatic carbocycles. The Labute approximate surface area is 128 Å². The third-order valence-electron chi connectivity index (χ3n) is 3.94. The van der Waals surface area contributed by atoms with E-state index in [1.807, 2.05) is 13.8 Å². The molecule has 0 N–H and O–H groups in total. The van der Waals surface area contributed by atoms with Gasteiger partial charge >= 0.3 is 0 Å². The van der Waals surface area contributed by atoms with Crippen molar-refractivity contribution in [1.29, 1.82) is 0 Å². The Balaban J connectivity index is 1.61. The normalized spacial score (nSPS) is 16.5. The van der Waals surface area contributed by atoms with Crippen molar-refractivity contribution in [1.82, 2.24) is 20.2 Å². The van der Waals surface area contributed by atoms with Crippen LogP contribution in [-0.2, 0) is 0 Å². The first kappa shape index (κ1) is 14.7. The summed E-state index contributed by atoms with van der Waals surface area (Å²) >= 11 is 0. The van der Waals surface area contributed by atoms with Gasteiger partial charge in [-0.2, -0.15) is 4.98 Å². The predicted molar refractivity (Wildman–Crippen MR) is 77.5 cm³/mol. The van der Waals surface area contributed by atoms with Crippen molar-refractivity contribution in [2.45, 2.75) is 45.4 Å². The van der Waals surface area contributed by atoms with Crippen LogP contribution in [-0.4, -0.2) is 39.2 Å². The summed E-state index contributed by atoms with van der Waals surface area (Å²) in [5.41, 5.74) is 0.713. The average Bonchev–Trinajstić information content (AvgIpc) is 3.16. The maximum absolute atomic E-state index is 12.3. The minimum absolute atomic E-state index is 0.104. The van der Waals surface area contributed by atoms with Gasteiger partial charge in [0.15, 0.2) is 5.82 Å². The fraction of sp³-hybridized carbons (Fsp3) is 0.600. The highest BCUT2D eigenvalue weighted by Gasteiger charge is 2.29. The lowest BCUT2D eigenvalue weighted by Crippen LogP contribution is -2.37. The molecule has 0 saturated carbocycles. The van der Waals surface area contributed by atoms with E-state index in [1.165, 1.54) is 0 Å². The van der Waals surface area contributed by atoms with Crippen LogP contribution in [0.1, 0.15) is 66.5 Å². The fourth-order valence-corrected chi connectivity index (χ4v) is 2.60. The zero-order valence-corrected chi connectivity index (χ0v) is 13.1. The van der Waals surface area contributed by atoms with E-state index >= 15 is 0 Å². The molecule has 3 rings (SSSR count). The maximum Gasteiger partial charge on any atom is 0.292 e. The SMILES string of the molecule is Cc1cc(C(=O)N2CCC(c3nc(C(C)C)no3)CC2)on1. The van der Waals surface area contributed by atoms with Crippen molar-refractivity contribution in [3.63, 3.8) is 0 Å². The predicted octanol–water partition coefficient (Wildman–Crippen LogP) is 2.51. The van der Waals surface area contributed by atoms with Crippen LogP contribution < -0.4 is 0 Å². The number of hydrogen-bond donors (Lipinski definition) is 0. The van der Waals surface area contributed by atoms with Crippen molar-refractivity contribution < 1.29 is 13.8 Å². The van der Waals surface area contributed by atoms with Gasteiger partial charge in [-0.25, -0.2) is 0 Å². The molecule has 7 nitrogen and oxygen atoms in total. The summed E-state index contributed by atoms with van der Waals surface area (Å²) in [6.45, 7) is 7.18. The fourth-order valence-electron chi connectivity index (χ4n) is 2.60. The summed E-state index contributed by atoms with van der Waals surface area (Å²) < 4.78 is 10.4. The van der Waals surface area contributed by atoms with Gasteiger partial charge in [-0.3, -0.25) is 4.79 Å². The number of amides is 1. The standard InChI is InChI=1S/C15H20N4O3/c1-9(2)13-16-14(22-18-13)11-4-6-19(7-5-11)15(20)12-8-10(3)17-21-12/h8-9,11H,4-7H2,1-3H3. The van der Waals surface area contributed by atoms with Gasteiger partial charge in [0.25, 0.3) is 5.91 Å². The molecular formula is C15H20N4O3. The van der Waals surface area contributed by atoms with Crippen molar-refractivity contribution >= 4 is 5.91 Å². The van der Waals surface area contributed by atoms with E-state index in [0.717, 1.165) is 18.7 Å². The van der Waals surface area contributed by atoms with Gasteiger partial charge in [0, 0.05) is 31.0 Å². The average molecular weight is 304 g/mol. The minimum atomic E-state index is -0.104. The van der Waals surface area contributed by atoms with Crippen LogP contribution in [0.3, 0.4) is 0 Å². The Morgan fingerprint density at radius 2 is 2.00 bits per heavy atom. The van der Waals surface area contributed by atoms with Crippen LogP contribution in [0.2, 0.25) is 0 Å². The van der Waals surface area contributed by atoms with Crippen LogP contribution in [0.4, 0.5) is 0 Å². The van der Waals surface area contributed by atoms with Crippen molar-refractivity contribution in [3.05, 3.63) is 29.2 Å². The van der Waals surface area contributed by atoms with Gasteiger partial charge < -0.3 is 13.9 Å². The molecule has 1 amide bonds. The van der Waals surface area contributed by atoms with Gasteiger partial charge in [0.2, 0.25) is 11.7 Å². The van der Waals surface area contributed by atoms with E-state index in [4.69, 9.17) is 9.05 Å². The lowest BCUT2D eigenvalue weighted by Gasteiger charge is -2.29. The molecule has 3 heterocycles. The minimum Gasteiger partial charge on any atom is -0.351 e. The van der Waals surface area contributed by atoms with Gasteiger partial charge in [-0.05, 0) is 19.8 Å². The van der Waals surface area contributed by atoms with Crippen LogP contribution >= 0.6 is 0 Å². The molecule has 1 aliphatic rings. The molecule has 1 fully saturated rings. The number of carbonyl (C=O) groups is 1. The Hall–Kier alpha value is -2.18. The molecule has 118 valence electrons. The lowest BCUT2D eigenvalue weighted by atomic mass is 9.96. The quantitative estimate of drug-likeness (QED) is 0.866. The molecule has 0 aliphatic carbocycles. The second-order valence-electron chi connectivity index (χ2n) is 6.04. The number of hydrogen-bond acceptors (Lipinski definition) is 6. The van der Waals surface area contributed by atoms with E-state index < -0.39 is 0 Å². The topological polar surface area (TPSA) is 85.3 Å². The summed E-state index contributed by atoms with van der Waals surface area (Å²) in [6.07, 6.45) is 1.64. The van der Waals surface area contributed by atoms with Gasteiger partial charge in [0.05, 0.1) is 5.69 Å². The first-order valence-electron chi connectivity index (χ1n) is 7.60. The lowest BCUT2D eigenvalue weighted by molar-refractivity contribution is 0.0662. The highest BCUT2D eigenvalue weighted by Crippen LogP contribution is 2.28. The second-order valence-corrected chi connectivity index (χ2v) is 6.04. The maximum atomic E-state index is 12.3. The van der Waals surface area contributed by atoms with Crippen LogP contribution in [0.5, 0.6) is 0 Å². The third kappa shape index (κ3) is 2.88. The summed E-state index contributed by atoms with van der Waals surface area (Å²) in [7, 11) is 0. The van der Waals surface area contributed by atoms with Gasteiger partial charge in [0.1, 0.15) is 0 Å². The summed E-state index contributed by atoms with van der Waals surface area (Å²) in [5, 5.41) is 7.76. The van der Waals surface area contributed by atoms with Crippen LogP contribution in [0.25, 0.3) is 0 Å². The Kier molecular flexibility index (Phi) is 3.96. The van der Waals surface area contributed by atoms with Crippen molar-refractivity contribution in [2.24, 2.45) is 0 Å². The molecule has 0 bridgehead atoms. The molecule has 7 heteroatoms. The van der Waals surface area contributed by atoms with Crippen molar-refractivity contribution in [2.75, 3.05) is 13.1 Å². The van der Waals surface area contributed by atoms with E-state index in [9.17, 15) is 4.79 Å². The highest BCUT2D eigenvalue weighted by molar-refractivity contribution is 5.91. The Morgan fingerprint density at radius 3 is 2.55 bits per heavy atom. The summed E-state index contributed by atoms with van der Waals surface area (Å²) in [5.74, 6) is 2.11. The molecule has 1 aliphatic heterocycles. The number of rotatable bonds is 3. The Morgan fingerprint density at radius 1 is 1.27 bits per heavy atom. The van der Waals surface area contributed by atoms with Crippen LogP contribution in [0, 0.1) is 6.92 Å². The van der Waals surface area contributed by atoms with E-state index in [2.05, 4.69) is 15.3 Å². The molecule has 0 radical (unpaired) electrons. The van der Waals surface area contributed by atoms with E-state index in [0.29, 0.717) is 30.4 Å². The smallest absolute Gasteiger partial charge is 0.292 e. The molecule has 22 heavy (non-hydrogen) atoms. The van der Waals surface area contributed by atoms with Crippen LogP contribution in [0.15, 0.2) is 15.1 Å². The molecule has 2 aromatic rings. The van der Waals surface area contributed by atoms with Gasteiger partial charge in [-0.1, -0.05) is 24.2 Å². The zero-order chi connectivity index (χ0) is 15.7. The van der Waals surface area contributed by atoms with E-state index in [1.54, 1.807) is 17.9 Å². The number of aryl methyl sites for hydroxylation is 1. The zero-order valence-electron chi connectivity index (χ0n) is 13.1. The molecule has 0 unspecified atom stereocenters. The molecule has 0 spiro atoms. The number of piperidine rings is 1. The van der Waals surface area contributed by atoms with Crippen molar-refractivity contribution in [3.8, 4) is 0 Å². The largest absolute Gasteiger partial charge is 0.351 e. The molecule has 0 atom stereocenters. The van der Waals surface area contributed by atoms with Gasteiger partial charge in [-0.15, -0.1) is 0 Å². The summed E-state index contributed by atoms with van der Waals surface area (Å²) in [6, 6.07) is 1.67. The summed E-state index contributed by atoms with van der Waals surface area (Å²) in [4.78, 5) is 18.5. The first-order chi connectivity index (χ1) is 10.5. The highest BCUT2D eigenvalue weighted by atomic mass is 16.5. The number of carbonyl (C=O) groups excluding carboxylic acids is 1. The second kappa shape index (κ2) is 5.90. The third-order valence-corrected chi connectivity index (χ3v) is 3.94. The molecule has 1 saturated heterocycles.